The Morgan fingerprint density at radius 2 is 2.00 bits per heavy atom. The third-order valence-corrected chi connectivity index (χ3v) is 2.96. The minimum atomic E-state index is 0.00627. The molecule has 1 N–H and O–H groups in total. The number of hydrogen-bond acceptors (Lipinski definition) is 1. The molecular weight excluding hydrogens is 188 g/mol. The number of aryl methyl sites for hydroxylation is 3. The highest BCUT2D eigenvalue weighted by molar-refractivity contribution is 5.44. The summed E-state index contributed by atoms with van der Waals surface area (Å²) in [4.78, 5) is 11.6. The molecule has 1 aromatic carbocycles. The maximum absolute atomic E-state index is 11.6. The molecule has 3 nitrogen and oxygen atoms in total. The molecule has 0 fully saturated rings. The van der Waals surface area contributed by atoms with Gasteiger partial charge in [0.2, 0.25) is 0 Å². The van der Waals surface area contributed by atoms with Crippen molar-refractivity contribution in [3.63, 3.8) is 0 Å². The number of benzene rings is 1. The third kappa shape index (κ3) is 1.23. The van der Waals surface area contributed by atoms with Crippen molar-refractivity contribution in [3.05, 3.63) is 51.4 Å². The van der Waals surface area contributed by atoms with Gasteiger partial charge in [-0.25, -0.2) is 4.68 Å². The van der Waals surface area contributed by atoms with Crippen LogP contribution in [-0.4, -0.2) is 9.78 Å². The average molecular weight is 200 g/mol. The normalized spacial score (nSPS) is 13.4. The van der Waals surface area contributed by atoms with Crippen LogP contribution >= 0.6 is 0 Å². The summed E-state index contributed by atoms with van der Waals surface area (Å²) in [5.41, 5.74) is 4.61. The molecule has 1 aliphatic rings. The number of aromatic nitrogens is 2. The lowest BCUT2D eigenvalue weighted by atomic mass is 9.88. The van der Waals surface area contributed by atoms with Gasteiger partial charge in [-0.15, -0.1) is 0 Å². The number of fused-ring (bicyclic) bond motifs is 1. The van der Waals surface area contributed by atoms with Gasteiger partial charge in [0.25, 0.3) is 5.56 Å². The molecule has 0 atom stereocenters. The Kier molecular flexibility index (Phi) is 1.63. The van der Waals surface area contributed by atoms with Gasteiger partial charge in [0.15, 0.2) is 0 Å². The van der Waals surface area contributed by atoms with Crippen molar-refractivity contribution >= 4 is 0 Å². The van der Waals surface area contributed by atoms with Gasteiger partial charge in [-0.05, 0) is 43.0 Å². The number of hydrogen-bond donors (Lipinski definition) is 1. The van der Waals surface area contributed by atoms with E-state index in [-0.39, 0.29) is 5.56 Å². The van der Waals surface area contributed by atoms with E-state index >= 15 is 0 Å². The molecule has 0 saturated heterocycles. The van der Waals surface area contributed by atoms with Gasteiger partial charge in [-0.3, -0.25) is 9.89 Å². The second-order valence-corrected chi connectivity index (χ2v) is 4.07. The summed E-state index contributed by atoms with van der Waals surface area (Å²) in [6.45, 7) is 1.89. The van der Waals surface area contributed by atoms with E-state index in [9.17, 15) is 4.79 Å². The number of nitrogens with zero attached hydrogens (tertiary/aromatic N) is 1. The van der Waals surface area contributed by atoms with Crippen LogP contribution in [0.15, 0.2) is 29.1 Å². The lowest BCUT2D eigenvalue weighted by Crippen LogP contribution is -2.16. The molecule has 0 spiro atoms. The first kappa shape index (κ1) is 8.53. The van der Waals surface area contributed by atoms with Gasteiger partial charge in [0.05, 0.1) is 5.69 Å². The Morgan fingerprint density at radius 1 is 1.20 bits per heavy atom. The van der Waals surface area contributed by atoms with Crippen molar-refractivity contribution in [1.29, 1.82) is 0 Å². The van der Waals surface area contributed by atoms with E-state index in [1.54, 1.807) is 10.7 Å². The summed E-state index contributed by atoms with van der Waals surface area (Å²) < 4.78 is 1.59. The first-order valence-corrected chi connectivity index (χ1v) is 5.15. The largest absolute Gasteiger partial charge is 0.295 e. The molecular formula is C12H12N2O. The summed E-state index contributed by atoms with van der Waals surface area (Å²) in [7, 11) is 0. The fourth-order valence-corrected chi connectivity index (χ4v) is 2.03. The van der Waals surface area contributed by atoms with Crippen LogP contribution < -0.4 is 5.56 Å². The van der Waals surface area contributed by atoms with E-state index in [1.807, 2.05) is 13.0 Å². The van der Waals surface area contributed by atoms with Crippen LogP contribution in [0.25, 0.3) is 5.69 Å². The van der Waals surface area contributed by atoms with E-state index in [0.29, 0.717) is 0 Å². The van der Waals surface area contributed by atoms with Crippen LogP contribution in [0.4, 0.5) is 0 Å². The molecule has 0 unspecified atom stereocenters. The van der Waals surface area contributed by atoms with E-state index in [2.05, 4.69) is 17.2 Å². The molecule has 2 aromatic rings. The second kappa shape index (κ2) is 2.86. The highest BCUT2D eigenvalue weighted by Gasteiger charge is 2.14. The van der Waals surface area contributed by atoms with E-state index < -0.39 is 0 Å². The highest BCUT2D eigenvalue weighted by Crippen LogP contribution is 2.24. The Bertz CT molecular complexity index is 578. The number of aromatic amines is 1. The lowest BCUT2D eigenvalue weighted by Gasteiger charge is -2.19. The van der Waals surface area contributed by atoms with Gasteiger partial charge in [0, 0.05) is 11.8 Å². The summed E-state index contributed by atoms with van der Waals surface area (Å²) in [5, 5.41) is 3.04. The van der Waals surface area contributed by atoms with Crippen LogP contribution in [0.3, 0.4) is 0 Å². The Hall–Kier alpha value is -1.77. The van der Waals surface area contributed by atoms with Gasteiger partial charge in [-0.1, -0.05) is 6.07 Å². The molecule has 1 heterocycles. The smallest absolute Gasteiger partial charge is 0.271 e. The topological polar surface area (TPSA) is 37.8 Å². The highest BCUT2D eigenvalue weighted by atomic mass is 16.1. The Labute approximate surface area is 87.3 Å². The SMILES string of the molecule is Cc1cc(=O)n(-c2ccc3c(c2)CC3)[nH]1. The standard InChI is InChI=1S/C12H12N2O/c1-8-6-12(15)14(13-8)11-5-4-9-2-3-10(9)7-11/h4-7,13H,2-3H2,1H3. The quantitative estimate of drug-likeness (QED) is 0.745. The molecule has 76 valence electrons. The minimum Gasteiger partial charge on any atom is -0.295 e. The molecule has 15 heavy (non-hydrogen) atoms. The van der Waals surface area contributed by atoms with E-state index in [0.717, 1.165) is 17.8 Å². The summed E-state index contributed by atoms with van der Waals surface area (Å²) in [5.74, 6) is 0. The van der Waals surface area contributed by atoms with Crippen molar-refractivity contribution in [2.24, 2.45) is 0 Å². The summed E-state index contributed by atoms with van der Waals surface area (Å²) in [6.07, 6.45) is 2.31. The molecule has 3 rings (SSSR count). The van der Waals surface area contributed by atoms with Crippen LogP contribution in [0, 0.1) is 6.92 Å². The van der Waals surface area contributed by atoms with Crippen molar-refractivity contribution < 1.29 is 0 Å². The number of rotatable bonds is 1. The second-order valence-electron chi connectivity index (χ2n) is 4.07. The Morgan fingerprint density at radius 3 is 2.53 bits per heavy atom. The fourth-order valence-electron chi connectivity index (χ4n) is 2.03. The third-order valence-electron chi connectivity index (χ3n) is 2.96. The van der Waals surface area contributed by atoms with E-state index in [1.165, 1.54) is 17.5 Å². The van der Waals surface area contributed by atoms with Crippen molar-refractivity contribution in [2.75, 3.05) is 0 Å². The van der Waals surface area contributed by atoms with Gasteiger partial charge >= 0.3 is 0 Å². The monoisotopic (exact) mass is 200 g/mol. The molecule has 0 aliphatic heterocycles. The maximum atomic E-state index is 11.6. The maximum Gasteiger partial charge on any atom is 0.271 e. The van der Waals surface area contributed by atoms with Crippen molar-refractivity contribution in [2.45, 2.75) is 19.8 Å². The molecule has 1 aliphatic carbocycles. The lowest BCUT2D eigenvalue weighted by molar-refractivity contribution is 0.803. The van der Waals surface area contributed by atoms with Gasteiger partial charge in [0.1, 0.15) is 0 Å². The van der Waals surface area contributed by atoms with Crippen molar-refractivity contribution in [3.8, 4) is 5.69 Å². The minimum absolute atomic E-state index is 0.00627. The zero-order chi connectivity index (χ0) is 10.4. The Balaban J connectivity index is 2.16. The predicted octanol–water partition coefficient (Wildman–Crippen LogP) is 1.57. The molecule has 3 heteroatoms. The molecule has 0 radical (unpaired) electrons. The van der Waals surface area contributed by atoms with Crippen LogP contribution in [0.1, 0.15) is 16.8 Å². The first-order chi connectivity index (χ1) is 7.24. The van der Waals surface area contributed by atoms with Crippen molar-refractivity contribution in [1.82, 2.24) is 9.78 Å². The summed E-state index contributed by atoms with van der Waals surface area (Å²) >= 11 is 0. The number of H-pyrrole nitrogens is 1. The van der Waals surface area contributed by atoms with Gasteiger partial charge in [-0.2, -0.15) is 0 Å². The first-order valence-electron chi connectivity index (χ1n) is 5.15. The van der Waals surface area contributed by atoms with Crippen LogP contribution in [-0.2, 0) is 12.8 Å². The fraction of sp³-hybridized carbons (Fsp3) is 0.250. The average Bonchev–Trinajstić information content (AvgIpc) is 2.48. The van der Waals surface area contributed by atoms with Crippen LogP contribution in [0.2, 0.25) is 0 Å². The zero-order valence-corrected chi connectivity index (χ0v) is 8.58. The van der Waals surface area contributed by atoms with E-state index in [4.69, 9.17) is 0 Å². The predicted molar refractivity (Wildman–Crippen MR) is 58.5 cm³/mol. The molecule has 0 bridgehead atoms. The summed E-state index contributed by atoms with van der Waals surface area (Å²) in [6, 6.07) is 7.81. The van der Waals surface area contributed by atoms with Gasteiger partial charge < -0.3 is 0 Å². The molecule has 0 amide bonds. The molecule has 0 saturated carbocycles. The number of nitrogens with one attached hydrogen (secondary N) is 1. The molecule has 1 aromatic heterocycles. The van der Waals surface area contributed by atoms with Crippen LogP contribution in [0.5, 0.6) is 0 Å². The zero-order valence-electron chi connectivity index (χ0n) is 8.58.